The highest BCUT2D eigenvalue weighted by Gasteiger charge is 2.09. The van der Waals surface area contributed by atoms with E-state index in [1.807, 2.05) is 0 Å². The number of halogens is 1. The standard InChI is InChI=1S/C16H22FNO4/c1-22-14-11-12(8-9-13(14)17)16(21)18-10-6-4-2-3-5-7-15(19)20/h8-9,11H,2-7,10H2,1H3,(H,18,21)(H,19,20). The zero-order valence-corrected chi connectivity index (χ0v) is 12.7. The summed E-state index contributed by atoms with van der Waals surface area (Å²) in [4.78, 5) is 22.2. The van der Waals surface area contributed by atoms with Crippen LogP contribution in [0, 0.1) is 5.82 Å². The van der Waals surface area contributed by atoms with Crippen LogP contribution < -0.4 is 10.1 Å². The number of ether oxygens (including phenoxy) is 1. The smallest absolute Gasteiger partial charge is 0.303 e. The number of carboxylic acids is 1. The van der Waals surface area contributed by atoms with Gasteiger partial charge in [0.2, 0.25) is 0 Å². The summed E-state index contributed by atoms with van der Waals surface area (Å²) in [6.45, 7) is 0.539. The van der Waals surface area contributed by atoms with E-state index in [-0.39, 0.29) is 18.1 Å². The van der Waals surface area contributed by atoms with Gasteiger partial charge in [0.1, 0.15) is 0 Å². The topological polar surface area (TPSA) is 75.6 Å². The Hall–Kier alpha value is -2.11. The number of aliphatic carboxylic acids is 1. The molecule has 0 saturated carbocycles. The average molecular weight is 311 g/mol. The van der Waals surface area contributed by atoms with Crippen LogP contribution in [0.5, 0.6) is 5.75 Å². The van der Waals surface area contributed by atoms with Crippen molar-refractivity contribution < 1.29 is 23.8 Å². The van der Waals surface area contributed by atoms with E-state index in [0.717, 1.165) is 25.7 Å². The fraction of sp³-hybridized carbons (Fsp3) is 0.500. The number of unbranched alkanes of at least 4 members (excludes halogenated alkanes) is 4. The highest BCUT2D eigenvalue weighted by Crippen LogP contribution is 2.18. The molecule has 0 fully saturated rings. The zero-order chi connectivity index (χ0) is 16.4. The van der Waals surface area contributed by atoms with Crippen LogP contribution in [-0.4, -0.2) is 30.6 Å². The lowest BCUT2D eigenvalue weighted by atomic mass is 10.1. The van der Waals surface area contributed by atoms with Gasteiger partial charge in [-0.05, 0) is 31.0 Å². The average Bonchev–Trinajstić information content (AvgIpc) is 2.49. The number of carbonyl (C=O) groups is 2. The molecule has 0 spiro atoms. The van der Waals surface area contributed by atoms with Gasteiger partial charge in [-0.1, -0.05) is 19.3 Å². The summed E-state index contributed by atoms with van der Waals surface area (Å²) in [5.74, 6) is -1.47. The number of carboxylic acid groups (broad SMARTS) is 1. The van der Waals surface area contributed by atoms with Gasteiger partial charge in [0.05, 0.1) is 7.11 Å². The minimum atomic E-state index is -0.762. The van der Waals surface area contributed by atoms with E-state index in [0.29, 0.717) is 18.5 Å². The lowest BCUT2D eigenvalue weighted by molar-refractivity contribution is -0.137. The molecule has 5 nitrogen and oxygen atoms in total. The Kier molecular flexibility index (Phi) is 7.96. The van der Waals surface area contributed by atoms with Crippen LogP contribution in [-0.2, 0) is 4.79 Å². The van der Waals surface area contributed by atoms with E-state index in [1.165, 1.54) is 25.3 Å². The van der Waals surface area contributed by atoms with Crippen molar-refractivity contribution in [2.75, 3.05) is 13.7 Å². The predicted octanol–water partition coefficient (Wildman–Crippen LogP) is 2.99. The highest BCUT2D eigenvalue weighted by molar-refractivity contribution is 5.94. The first-order valence-electron chi connectivity index (χ1n) is 7.38. The monoisotopic (exact) mass is 311 g/mol. The highest BCUT2D eigenvalue weighted by atomic mass is 19.1. The Labute approximate surface area is 129 Å². The number of rotatable bonds is 10. The fourth-order valence-corrected chi connectivity index (χ4v) is 2.04. The largest absolute Gasteiger partial charge is 0.494 e. The molecule has 0 atom stereocenters. The van der Waals surface area contributed by atoms with Crippen LogP contribution in [0.15, 0.2) is 18.2 Å². The Morgan fingerprint density at radius 1 is 1.18 bits per heavy atom. The van der Waals surface area contributed by atoms with E-state index in [1.54, 1.807) is 0 Å². The van der Waals surface area contributed by atoms with Gasteiger partial charge >= 0.3 is 5.97 Å². The van der Waals surface area contributed by atoms with E-state index in [2.05, 4.69) is 5.32 Å². The minimum absolute atomic E-state index is 0.0473. The Bertz CT molecular complexity index is 505. The molecule has 6 heteroatoms. The predicted molar refractivity (Wildman–Crippen MR) is 80.6 cm³/mol. The number of carbonyl (C=O) groups excluding carboxylic acids is 1. The van der Waals surface area contributed by atoms with E-state index >= 15 is 0 Å². The van der Waals surface area contributed by atoms with Crippen molar-refractivity contribution in [2.45, 2.75) is 38.5 Å². The fourth-order valence-electron chi connectivity index (χ4n) is 2.04. The van der Waals surface area contributed by atoms with Crippen LogP contribution in [0.3, 0.4) is 0 Å². The van der Waals surface area contributed by atoms with Crippen LogP contribution in [0.1, 0.15) is 48.9 Å². The van der Waals surface area contributed by atoms with Crippen LogP contribution in [0.25, 0.3) is 0 Å². The maximum atomic E-state index is 13.2. The summed E-state index contributed by atoms with van der Waals surface area (Å²) in [7, 11) is 1.35. The molecule has 1 rings (SSSR count). The molecule has 122 valence electrons. The third kappa shape index (κ3) is 6.56. The lowest BCUT2D eigenvalue weighted by Gasteiger charge is -2.07. The van der Waals surface area contributed by atoms with Crippen molar-refractivity contribution in [3.05, 3.63) is 29.6 Å². The lowest BCUT2D eigenvalue weighted by Crippen LogP contribution is -2.24. The van der Waals surface area contributed by atoms with Crippen LogP contribution >= 0.6 is 0 Å². The summed E-state index contributed by atoms with van der Waals surface area (Å²) in [5.41, 5.74) is 0.361. The molecule has 2 N–H and O–H groups in total. The van der Waals surface area contributed by atoms with Gasteiger partial charge in [0, 0.05) is 18.5 Å². The van der Waals surface area contributed by atoms with Crippen molar-refractivity contribution in [2.24, 2.45) is 0 Å². The second kappa shape index (κ2) is 9.76. The van der Waals surface area contributed by atoms with Crippen LogP contribution in [0.2, 0.25) is 0 Å². The summed E-state index contributed by atoms with van der Waals surface area (Å²) < 4.78 is 18.1. The molecule has 0 aliphatic carbocycles. The molecule has 0 aromatic heterocycles. The first-order chi connectivity index (χ1) is 10.5. The van der Waals surface area contributed by atoms with E-state index < -0.39 is 11.8 Å². The molecule has 22 heavy (non-hydrogen) atoms. The zero-order valence-electron chi connectivity index (χ0n) is 12.7. The maximum Gasteiger partial charge on any atom is 0.303 e. The molecule has 0 radical (unpaired) electrons. The Balaban J connectivity index is 2.19. The SMILES string of the molecule is COc1cc(C(=O)NCCCCCCCC(=O)O)ccc1F. The third-order valence-electron chi connectivity index (χ3n) is 3.27. The van der Waals surface area contributed by atoms with E-state index in [9.17, 15) is 14.0 Å². The quantitative estimate of drug-likeness (QED) is 0.651. The number of amides is 1. The molecule has 0 unspecified atom stereocenters. The van der Waals surface area contributed by atoms with Crippen molar-refractivity contribution >= 4 is 11.9 Å². The molecule has 1 aromatic rings. The van der Waals surface area contributed by atoms with Gasteiger partial charge in [-0.2, -0.15) is 0 Å². The summed E-state index contributed by atoms with van der Waals surface area (Å²) in [5, 5.41) is 11.3. The van der Waals surface area contributed by atoms with Gasteiger partial charge in [0.25, 0.3) is 5.91 Å². The number of nitrogens with one attached hydrogen (secondary N) is 1. The number of benzene rings is 1. The molecule has 0 heterocycles. The van der Waals surface area contributed by atoms with Gasteiger partial charge in [-0.15, -0.1) is 0 Å². The second-order valence-corrected chi connectivity index (χ2v) is 5.02. The normalized spacial score (nSPS) is 10.3. The molecular formula is C16H22FNO4. The maximum absolute atomic E-state index is 13.2. The van der Waals surface area contributed by atoms with E-state index in [4.69, 9.17) is 9.84 Å². The summed E-state index contributed by atoms with van der Waals surface area (Å²) in [6, 6.07) is 3.99. The van der Waals surface area contributed by atoms with Crippen LogP contribution in [0.4, 0.5) is 4.39 Å². The van der Waals surface area contributed by atoms with Gasteiger partial charge in [0.15, 0.2) is 11.6 Å². The Morgan fingerprint density at radius 2 is 1.86 bits per heavy atom. The molecule has 1 aromatic carbocycles. The van der Waals surface area contributed by atoms with Gasteiger partial charge < -0.3 is 15.2 Å². The molecule has 0 aliphatic rings. The summed E-state index contributed by atoms with van der Waals surface area (Å²) >= 11 is 0. The first-order valence-corrected chi connectivity index (χ1v) is 7.38. The summed E-state index contributed by atoms with van der Waals surface area (Å²) in [6.07, 6.45) is 4.51. The molecule has 0 bridgehead atoms. The van der Waals surface area contributed by atoms with Crippen molar-refractivity contribution in [3.63, 3.8) is 0 Å². The molecular weight excluding hydrogens is 289 g/mol. The first kappa shape index (κ1) is 17.9. The van der Waals surface area contributed by atoms with Gasteiger partial charge in [-0.3, -0.25) is 9.59 Å². The van der Waals surface area contributed by atoms with Crippen molar-refractivity contribution in [1.82, 2.24) is 5.32 Å². The number of hydrogen-bond acceptors (Lipinski definition) is 3. The van der Waals surface area contributed by atoms with Gasteiger partial charge in [-0.25, -0.2) is 4.39 Å². The molecule has 0 saturated heterocycles. The minimum Gasteiger partial charge on any atom is -0.494 e. The number of hydrogen-bond donors (Lipinski definition) is 2. The molecule has 1 amide bonds. The van der Waals surface area contributed by atoms with Crippen molar-refractivity contribution in [1.29, 1.82) is 0 Å². The number of methoxy groups -OCH3 is 1. The molecule has 0 aliphatic heterocycles. The van der Waals surface area contributed by atoms with Crippen molar-refractivity contribution in [3.8, 4) is 5.75 Å². The Morgan fingerprint density at radius 3 is 2.55 bits per heavy atom. The second-order valence-electron chi connectivity index (χ2n) is 5.02. The third-order valence-corrected chi connectivity index (χ3v) is 3.27.